The number of aromatic amines is 1. The van der Waals surface area contributed by atoms with Crippen molar-refractivity contribution in [3.63, 3.8) is 0 Å². The smallest absolute Gasteiger partial charge is 0.328 e. The minimum Gasteiger partial charge on any atom is -0.396 e. The standard InChI is InChI=1S/C10H13BrN2O4/c11-7-2-13(9(17)12-8(7)16)4-10(5-15)1-6(10)3-14/h2,6,14-15H,1,3-5H2,(H,12,16,17)/t6-,10-/m0/s1. The van der Waals surface area contributed by atoms with Gasteiger partial charge in [-0.15, -0.1) is 0 Å². The van der Waals surface area contributed by atoms with E-state index in [0.29, 0.717) is 13.0 Å². The third-order valence-corrected chi connectivity index (χ3v) is 3.91. The lowest BCUT2D eigenvalue weighted by Gasteiger charge is -2.15. The molecule has 1 aliphatic carbocycles. The van der Waals surface area contributed by atoms with Gasteiger partial charge in [0.2, 0.25) is 0 Å². The molecule has 1 aliphatic rings. The predicted molar refractivity (Wildman–Crippen MR) is 63.7 cm³/mol. The van der Waals surface area contributed by atoms with Crippen LogP contribution in [0.25, 0.3) is 0 Å². The van der Waals surface area contributed by atoms with Gasteiger partial charge in [0.1, 0.15) is 0 Å². The first kappa shape index (κ1) is 12.5. The van der Waals surface area contributed by atoms with Gasteiger partial charge in [0.05, 0.1) is 11.1 Å². The lowest BCUT2D eigenvalue weighted by Crippen LogP contribution is -2.33. The summed E-state index contributed by atoms with van der Waals surface area (Å²) in [5.74, 6) is 0.0186. The Morgan fingerprint density at radius 3 is 2.76 bits per heavy atom. The molecule has 1 heterocycles. The fourth-order valence-corrected chi connectivity index (χ4v) is 2.41. The van der Waals surface area contributed by atoms with Crippen LogP contribution in [0, 0.1) is 11.3 Å². The summed E-state index contributed by atoms with van der Waals surface area (Å²) >= 11 is 3.05. The molecule has 0 spiro atoms. The molecule has 0 bridgehead atoms. The molecule has 1 fully saturated rings. The van der Waals surface area contributed by atoms with Gasteiger partial charge in [-0.3, -0.25) is 14.3 Å². The summed E-state index contributed by atoms with van der Waals surface area (Å²) in [7, 11) is 0. The zero-order valence-corrected chi connectivity index (χ0v) is 10.6. The van der Waals surface area contributed by atoms with E-state index in [0.717, 1.165) is 0 Å². The molecule has 0 amide bonds. The summed E-state index contributed by atoms with van der Waals surface area (Å²) in [5.41, 5.74) is -1.41. The van der Waals surface area contributed by atoms with Gasteiger partial charge in [-0.2, -0.15) is 0 Å². The summed E-state index contributed by atoms with van der Waals surface area (Å²) in [4.78, 5) is 24.9. The van der Waals surface area contributed by atoms with Crippen LogP contribution in [0.5, 0.6) is 0 Å². The number of H-pyrrole nitrogens is 1. The number of hydrogen-bond acceptors (Lipinski definition) is 4. The molecule has 6 nitrogen and oxygen atoms in total. The maximum absolute atomic E-state index is 11.6. The molecule has 2 atom stereocenters. The Bertz CT molecular complexity index is 538. The van der Waals surface area contributed by atoms with Crippen molar-refractivity contribution in [3.05, 3.63) is 31.5 Å². The van der Waals surface area contributed by atoms with E-state index < -0.39 is 16.7 Å². The van der Waals surface area contributed by atoms with Gasteiger partial charge in [0.25, 0.3) is 5.56 Å². The van der Waals surface area contributed by atoms with Gasteiger partial charge in [-0.25, -0.2) is 4.79 Å². The monoisotopic (exact) mass is 304 g/mol. The number of halogens is 1. The van der Waals surface area contributed by atoms with Crippen molar-refractivity contribution in [3.8, 4) is 0 Å². The van der Waals surface area contributed by atoms with Gasteiger partial charge < -0.3 is 10.2 Å². The Morgan fingerprint density at radius 1 is 1.53 bits per heavy atom. The minimum atomic E-state index is -0.505. The first-order valence-corrected chi connectivity index (χ1v) is 6.03. The average molecular weight is 305 g/mol. The number of hydrogen-bond donors (Lipinski definition) is 3. The zero-order valence-electron chi connectivity index (χ0n) is 9.02. The van der Waals surface area contributed by atoms with Gasteiger partial charge in [-0.1, -0.05) is 0 Å². The summed E-state index contributed by atoms with van der Waals surface area (Å²) in [6.45, 7) is 0.212. The van der Waals surface area contributed by atoms with Gasteiger partial charge in [0, 0.05) is 24.8 Å². The third kappa shape index (κ3) is 2.22. The molecule has 0 saturated heterocycles. The molecule has 1 aromatic heterocycles. The first-order chi connectivity index (χ1) is 8.02. The molecule has 0 unspecified atom stereocenters. The van der Waals surface area contributed by atoms with Crippen molar-refractivity contribution in [1.29, 1.82) is 0 Å². The van der Waals surface area contributed by atoms with Gasteiger partial charge >= 0.3 is 5.69 Å². The molecule has 94 valence electrons. The second-order valence-electron chi connectivity index (χ2n) is 4.47. The number of nitrogens with one attached hydrogen (secondary N) is 1. The number of aliphatic hydroxyl groups excluding tert-OH is 2. The van der Waals surface area contributed by atoms with E-state index in [1.54, 1.807) is 0 Å². The largest absolute Gasteiger partial charge is 0.396 e. The van der Waals surface area contributed by atoms with Crippen LogP contribution >= 0.6 is 15.9 Å². The fraction of sp³-hybridized carbons (Fsp3) is 0.600. The van der Waals surface area contributed by atoms with Crippen LogP contribution in [0.1, 0.15) is 6.42 Å². The fourth-order valence-electron chi connectivity index (χ4n) is 2.07. The number of aliphatic hydroxyl groups is 2. The van der Waals surface area contributed by atoms with E-state index in [-0.39, 0.29) is 23.6 Å². The van der Waals surface area contributed by atoms with Crippen molar-refractivity contribution in [2.45, 2.75) is 13.0 Å². The highest BCUT2D eigenvalue weighted by Gasteiger charge is 2.53. The Morgan fingerprint density at radius 2 is 2.24 bits per heavy atom. The number of rotatable bonds is 4. The molecule has 7 heteroatoms. The molecular weight excluding hydrogens is 292 g/mol. The summed E-state index contributed by atoms with van der Waals surface area (Å²) < 4.78 is 1.61. The average Bonchev–Trinajstić information content (AvgIpc) is 3.00. The van der Waals surface area contributed by atoms with Crippen LogP contribution in [0.2, 0.25) is 0 Å². The first-order valence-electron chi connectivity index (χ1n) is 5.23. The quantitative estimate of drug-likeness (QED) is 0.685. The van der Waals surface area contributed by atoms with Crippen molar-refractivity contribution in [2.24, 2.45) is 11.3 Å². The van der Waals surface area contributed by atoms with Gasteiger partial charge in [-0.05, 0) is 28.3 Å². The Labute approximate surface area is 105 Å². The van der Waals surface area contributed by atoms with Crippen molar-refractivity contribution in [2.75, 3.05) is 13.2 Å². The topological polar surface area (TPSA) is 95.3 Å². The highest BCUT2D eigenvalue weighted by Crippen LogP contribution is 2.52. The van der Waals surface area contributed by atoms with Crippen LogP contribution in [0.4, 0.5) is 0 Å². The number of nitrogens with zero attached hydrogens (tertiary/aromatic N) is 1. The van der Waals surface area contributed by atoms with E-state index in [2.05, 4.69) is 20.9 Å². The molecule has 2 rings (SSSR count). The molecule has 0 radical (unpaired) electrons. The highest BCUT2D eigenvalue weighted by atomic mass is 79.9. The second kappa shape index (κ2) is 4.40. The molecule has 1 saturated carbocycles. The molecule has 0 aromatic carbocycles. The van der Waals surface area contributed by atoms with Crippen LogP contribution in [-0.2, 0) is 6.54 Å². The second-order valence-corrected chi connectivity index (χ2v) is 5.32. The van der Waals surface area contributed by atoms with Crippen LogP contribution in [-0.4, -0.2) is 33.0 Å². The lowest BCUT2D eigenvalue weighted by atomic mass is 10.1. The van der Waals surface area contributed by atoms with E-state index >= 15 is 0 Å². The summed E-state index contributed by atoms with van der Waals surface area (Å²) in [5, 5.41) is 18.4. The van der Waals surface area contributed by atoms with Crippen molar-refractivity contribution in [1.82, 2.24) is 9.55 Å². The van der Waals surface area contributed by atoms with Crippen LogP contribution < -0.4 is 11.2 Å². The van der Waals surface area contributed by atoms with E-state index in [1.807, 2.05) is 0 Å². The third-order valence-electron chi connectivity index (χ3n) is 3.35. The maximum Gasteiger partial charge on any atom is 0.328 e. The normalized spacial score (nSPS) is 27.1. The zero-order chi connectivity index (χ0) is 12.6. The van der Waals surface area contributed by atoms with Crippen molar-refractivity contribution >= 4 is 15.9 Å². The van der Waals surface area contributed by atoms with E-state index in [1.165, 1.54) is 10.8 Å². The highest BCUT2D eigenvalue weighted by molar-refractivity contribution is 9.10. The van der Waals surface area contributed by atoms with Crippen molar-refractivity contribution < 1.29 is 10.2 Å². The molecule has 17 heavy (non-hydrogen) atoms. The number of aromatic nitrogens is 2. The Hall–Kier alpha value is -0.920. The molecule has 0 aliphatic heterocycles. The maximum atomic E-state index is 11.6. The molecule has 3 N–H and O–H groups in total. The Kier molecular flexibility index (Phi) is 3.24. The van der Waals surface area contributed by atoms with Crippen LogP contribution in [0.15, 0.2) is 20.3 Å². The SMILES string of the molecule is O=c1[nH]c(=O)n(C[C@]2(CO)C[C@H]2CO)cc1Br. The predicted octanol–water partition coefficient (Wildman–Crippen LogP) is -0.710. The van der Waals surface area contributed by atoms with Crippen LogP contribution in [0.3, 0.4) is 0 Å². The Balaban J connectivity index is 2.28. The summed E-state index contributed by atoms with van der Waals surface area (Å²) in [6, 6.07) is 0. The van der Waals surface area contributed by atoms with E-state index in [9.17, 15) is 14.7 Å². The van der Waals surface area contributed by atoms with E-state index in [4.69, 9.17) is 5.11 Å². The molecular formula is C10H13BrN2O4. The summed E-state index contributed by atoms with van der Waals surface area (Å²) in [6.07, 6.45) is 2.09. The molecule has 1 aromatic rings. The minimum absolute atomic E-state index is 0.000165. The van der Waals surface area contributed by atoms with Gasteiger partial charge in [0.15, 0.2) is 0 Å². The lowest BCUT2D eigenvalue weighted by molar-refractivity contribution is 0.156.